The molecule has 18 heavy (non-hydrogen) atoms. The first kappa shape index (κ1) is 15.0. The highest BCUT2D eigenvalue weighted by atomic mass is 19.1. The molecule has 0 radical (unpaired) electrons. The Hall–Kier alpha value is -1.09. The number of ether oxygens (including phenoxy) is 1. The lowest BCUT2D eigenvalue weighted by atomic mass is 9.92. The summed E-state index contributed by atoms with van der Waals surface area (Å²) >= 11 is 0. The Labute approximate surface area is 110 Å². The van der Waals surface area contributed by atoms with Crippen LogP contribution in [0.2, 0.25) is 0 Å². The smallest absolute Gasteiger partial charge is 0.131 e. The van der Waals surface area contributed by atoms with Gasteiger partial charge in [-0.05, 0) is 24.9 Å². The third-order valence-corrected chi connectivity index (χ3v) is 3.37. The second-order valence-corrected chi connectivity index (χ2v) is 4.70. The van der Waals surface area contributed by atoms with Gasteiger partial charge in [0.05, 0.1) is 7.11 Å². The predicted molar refractivity (Wildman–Crippen MR) is 73.4 cm³/mol. The topological polar surface area (TPSA) is 21.3 Å². The molecule has 0 aliphatic heterocycles. The largest absolute Gasteiger partial charge is 0.497 e. The van der Waals surface area contributed by atoms with E-state index in [0.717, 1.165) is 24.9 Å². The van der Waals surface area contributed by atoms with Crippen LogP contribution < -0.4 is 10.1 Å². The standard InChI is InChI=1S/C15H24FNO/c1-5-9-17-15(11(3)6-2)13-8-7-12(18-4)10-14(13)16/h7-8,10-11,15,17H,5-6,9H2,1-4H3. The Morgan fingerprint density at radius 2 is 2.06 bits per heavy atom. The summed E-state index contributed by atoms with van der Waals surface area (Å²) in [6.07, 6.45) is 2.07. The molecule has 1 aromatic carbocycles. The molecule has 0 bridgehead atoms. The maximum Gasteiger partial charge on any atom is 0.131 e. The number of benzene rings is 1. The summed E-state index contributed by atoms with van der Waals surface area (Å²) in [5, 5.41) is 3.43. The number of rotatable bonds is 7. The summed E-state index contributed by atoms with van der Waals surface area (Å²) in [5.41, 5.74) is 0.735. The van der Waals surface area contributed by atoms with Crippen LogP contribution in [0, 0.1) is 11.7 Å². The number of nitrogens with one attached hydrogen (secondary N) is 1. The third-order valence-electron chi connectivity index (χ3n) is 3.37. The number of hydrogen-bond donors (Lipinski definition) is 1. The molecule has 2 unspecified atom stereocenters. The summed E-state index contributed by atoms with van der Waals surface area (Å²) in [4.78, 5) is 0. The van der Waals surface area contributed by atoms with Gasteiger partial charge in [0.1, 0.15) is 11.6 Å². The molecule has 0 aliphatic rings. The van der Waals surface area contributed by atoms with Gasteiger partial charge in [0.25, 0.3) is 0 Å². The van der Waals surface area contributed by atoms with Crippen LogP contribution in [0.5, 0.6) is 5.75 Å². The molecule has 0 aliphatic carbocycles. The number of halogens is 1. The highest BCUT2D eigenvalue weighted by Gasteiger charge is 2.20. The summed E-state index contributed by atoms with van der Waals surface area (Å²) < 4.78 is 19.1. The fraction of sp³-hybridized carbons (Fsp3) is 0.600. The fourth-order valence-corrected chi connectivity index (χ4v) is 2.04. The molecule has 2 atom stereocenters. The second kappa shape index (κ2) is 7.37. The molecule has 1 rings (SSSR count). The van der Waals surface area contributed by atoms with Crippen LogP contribution in [0.3, 0.4) is 0 Å². The second-order valence-electron chi connectivity index (χ2n) is 4.70. The molecular formula is C15H24FNO. The predicted octanol–water partition coefficient (Wildman–Crippen LogP) is 3.92. The van der Waals surface area contributed by atoms with Gasteiger partial charge in [0.15, 0.2) is 0 Å². The lowest BCUT2D eigenvalue weighted by Gasteiger charge is -2.25. The van der Waals surface area contributed by atoms with Crippen molar-refractivity contribution >= 4 is 0 Å². The van der Waals surface area contributed by atoms with Crippen molar-refractivity contribution < 1.29 is 9.13 Å². The molecule has 1 N–H and O–H groups in total. The lowest BCUT2D eigenvalue weighted by molar-refractivity contribution is 0.363. The van der Waals surface area contributed by atoms with E-state index in [9.17, 15) is 4.39 Å². The van der Waals surface area contributed by atoms with Crippen LogP contribution >= 0.6 is 0 Å². The van der Waals surface area contributed by atoms with Gasteiger partial charge in [-0.3, -0.25) is 0 Å². The van der Waals surface area contributed by atoms with Crippen LogP contribution in [0.15, 0.2) is 18.2 Å². The normalized spacial score (nSPS) is 14.3. The zero-order valence-electron chi connectivity index (χ0n) is 11.8. The number of methoxy groups -OCH3 is 1. The summed E-state index contributed by atoms with van der Waals surface area (Å²) in [7, 11) is 1.55. The van der Waals surface area contributed by atoms with Gasteiger partial charge in [-0.25, -0.2) is 4.39 Å². The SMILES string of the molecule is CCCNC(c1ccc(OC)cc1F)C(C)CC. The quantitative estimate of drug-likeness (QED) is 0.795. The van der Waals surface area contributed by atoms with E-state index >= 15 is 0 Å². The highest BCUT2D eigenvalue weighted by molar-refractivity contribution is 5.31. The first-order valence-corrected chi connectivity index (χ1v) is 6.70. The Morgan fingerprint density at radius 1 is 1.33 bits per heavy atom. The van der Waals surface area contributed by atoms with E-state index in [-0.39, 0.29) is 11.9 Å². The van der Waals surface area contributed by atoms with Gasteiger partial charge in [-0.2, -0.15) is 0 Å². The fourth-order valence-electron chi connectivity index (χ4n) is 2.04. The highest BCUT2D eigenvalue weighted by Crippen LogP contribution is 2.28. The van der Waals surface area contributed by atoms with Crippen LogP contribution in [0.25, 0.3) is 0 Å². The Bertz CT molecular complexity index is 368. The van der Waals surface area contributed by atoms with Gasteiger partial charge in [0.2, 0.25) is 0 Å². The van der Waals surface area contributed by atoms with Crippen molar-refractivity contribution in [2.24, 2.45) is 5.92 Å². The first-order chi connectivity index (χ1) is 8.63. The van der Waals surface area contributed by atoms with Crippen LogP contribution in [-0.4, -0.2) is 13.7 Å². The average molecular weight is 253 g/mol. The van der Waals surface area contributed by atoms with E-state index in [1.807, 2.05) is 12.1 Å². The molecule has 3 heteroatoms. The maximum absolute atomic E-state index is 14.1. The molecule has 1 aromatic rings. The van der Waals surface area contributed by atoms with Crippen molar-refractivity contribution in [3.63, 3.8) is 0 Å². The number of hydrogen-bond acceptors (Lipinski definition) is 2. The van der Waals surface area contributed by atoms with E-state index in [1.54, 1.807) is 7.11 Å². The van der Waals surface area contributed by atoms with Gasteiger partial charge < -0.3 is 10.1 Å². The molecule has 0 spiro atoms. The van der Waals surface area contributed by atoms with Crippen molar-refractivity contribution in [2.75, 3.05) is 13.7 Å². The van der Waals surface area contributed by atoms with Crippen molar-refractivity contribution in [3.05, 3.63) is 29.6 Å². The molecule has 0 saturated heterocycles. The molecule has 102 valence electrons. The summed E-state index contributed by atoms with van der Waals surface area (Å²) in [6.45, 7) is 7.30. The minimum absolute atomic E-state index is 0.0702. The third kappa shape index (κ3) is 3.70. The Balaban J connectivity index is 2.96. The van der Waals surface area contributed by atoms with E-state index < -0.39 is 0 Å². The van der Waals surface area contributed by atoms with Crippen molar-refractivity contribution in [1.29, 1.82) is 0 Å². The maximum atomic E-state index is 14.1. The minimum Gasteiger partial charge on any atom is -0.497 e. The van der Waals surface area contributed by atoms with E-state index in [1.165, 1.54) is 6.07 Å². The summed E-state index contributed by atoms with van der Waals surface area (Å²) in [6, 6.07) is 5.17. The zero-order valence-corrected chi connectivity index (χ0v) is 11.8. The van der Waals surface area contributed by atoms with E-state index in [0.29, 0.717) is 11.7 Å². The monoisotopic (exact) mass is 253 g/mol. The van der Waals surface area contributed by atoms with Gasteiger partial charge >= 0.3 is 0 Å². The molecule has 0 saturated carbocycles. The van der Waals surface area contributed by atoms with Crippen molar-refractivity contribution in [1.82, 2.24) is 5.32 Å². The van der Waals surface area contributed by atoms with E-state index in [4.69, 9.17) is 4.74 Å². The molecular weight excluding hydrogens is 229 g/mol. The molecule has 0 heterocycles. The lowest BCUT2D eigenvalue weighted by Crippen LogP contribution is -2.28. The van der Waals surface area contributed by atoms with Crippen LogP contribution in [0.4, 0.5) is 4.39 Å². The van der Waals surface area contributed by atoms with Crippen LogP contribution in [-0.2, 0) is 0 Å². The Morgan fingerprint density at radius 3 is 2.56 bits per heavy atom. The zero-order chi connectivity index (χ0) is 13.5. The van der Waals surface area contributed by atoms with Gasteiger partial charge in [-0.15, -0.1) is 0 Å². The molecule has 0 aromatic heterocycles. The molecule has 2 nitrogen and oxygen atoms in total. The minimum atomic E-state index is -0.191. The van der Waals surface area contributed by atoms with Gasteiger partial charge in [0, 0.05) is 17.7 Å². The van der Waals surface area contributed by atoms with E-state index in [2.05, 4.69) is 26.1 Å². The van der Waals surface area contributed by atoms with Gasteiger partial charge in [-0.1, -0.05) is 33.3 Å². The molecule has 0 fully saturated rings. The molecule has 0 amide bonds. The average Bonchev–Trinajstić information content (AvgIpc) is 2.39. The summed E-state index contributed by atoms with van der Waals surface area (Å²) in [5.74, 6) is 0.775. The first-order valence-electron chi connectivity index (χ1n) is 6.70. The van der Waals surface area contributed by atoms with Crippen LogP contribution in [0.1, 0.15) is 45.2 Å². The van der Waals surface area contributed by atoms with Crippen molar-refractivity contribution in [2.45, 2.75) is 39.7 Å². The van der Waals surface area contributed by atoms with Crippen molar-refractivity contribution in [3.8, 4) is 5.75 Å². The Kier molecular flexibility index (Phi) is 6.13.